The molecule has 0 aliphatic carbocycles. The van der Waals surface area contributed by atoms with Gasteiger partial charge in [-0.3, -0.25) is 9.59 Å². The lowest BCUT2D eigenvalue weighted by molar-refractivity contribution is -0.143. The number of carboxylic acids is 1. The first-order chi connectivity index (χ1) is 9.90. The van der Waals surface area contributed by atoms with Crippen molar-refractivity contribution in [2.45, 2.75) is 31.3 Å². The number of amides is 2. The summed E-state index contributed by atoms with van der Waals surface area (Å²) in [4.78, 5) is 33.3. The molecule has 0 radical (unpaired) electrons. The van der Waals surface area contributed by atoms with Gasteiger partial charge in [-0.2, -0.15) is 0 Å². The molecule has 0 saturated carbocycles. The monoisotopic (exact) mass is 293 g/mol. The fourth-order valence-corrected chi connectivity index (χ4v) is 1.82. The first kappa shape index (κ1) is 16.6. The number of carbonyl (C=O) groups excluding carboxylic acids is 2. The maximum Gasteiger partial charge on any atom is 0.326 e. The van der Waals surface area contributed by atoms with Crippen molar-refractivity contribution in [2.24, 2.45) is 11.5 Å². The normalized spacial score (nSPS) is 13.2. The molecule has 1 rings (SSSR count). The molecule has 6 N–H and O–H groups in total. The highest BCUT2D eigenvalue weighted by Crippen LogP contribution is 2.14. The molecule has 7 heteroatoms. The van der Waals surface area contributed by atoms with E-state index in [1.54, 1.807) is 0 Å². The molecule has 7 nitrogen and oxygen atoms in total. The van der Waals surface area contributed by atoms with Crippen LogP contribution in [0.25, 0.3) is 0 Å². The van der Waals surface area contributed by atoms with Crippen molar-refractivity contribution in [3.8, 4) is 0 Å². The summed E-state index contributed by atoms with van der Waals surface area (Å²) in [6.45, 7) is 0. The molecule has 21 heavy (non-hydrogen) atoms. The molecule has 2 atom stereocenters. The molecule has 0 fully saturated rings. The van der Waals surface area contributed by atoms with E-state index in [-0.39, 0.29) is 12.5 Å². The quantitative estimate of drug-likeness (QED) is 0.531. The van der Waals surface area contributed by atoms with Gasteiger partial charge < -0.3 is 21.9 Å². The number of benzene rings is 1. The van der Waals surface area contributed by atoms with Crippen molar-refractivity contribution >= 4 is 17.8 Å². The number of carbonyl (C=O) groups is 3. The molecule has 0 aliphatic rings. The van der Waals surface area contributed by atoms with Gasteiger partial charge in [0, 0.05) is 12.5 Å². The maximum atomic E-state index is 11.7. The molecule has 1 aromatic carbocycles. The van der Waals surface area contributed by atoms with Gasteiger partial charge in [0.05, 0.1) is 6.42 Å². The van der Waals surface area contributed by atoms with E-state index < -0.39 is 30.2 Å². The number of hydrogen-bond donors (Lipinski definition) is 4. The van der Waals surface area contributed by atoms with Gasteiger partial charge in [0.25, 0.3) is 0 Å². The Morgan fingerprint density at radius 1 is 1.19 bits per heavy atom. The van der Waals surface area contributed by atoms with E-state index in [9.17, 15) is 14.4 Å². The number of aliphatic carboxylic acids is 1. The molecular formula is C14H19N3O4. The van der Waals surface area contributed by atoms with Gasteiger partial charge >= 0.3 is 5.97 Å². The van der Waals surface area contributed by atoms with Crippen molar-refractivity contribution in [2.75, 3.05) is 0 Å². The Balaban J connectivity index is 2.46. The number of primary amides is 1. The first-order valence-electron chi connectivity index (χ1n) is 6.51. The Morgan fingerprint density at radius 2 is 1.81 bits per heavy atom. The molecule has 0 spiro atoms. The lowest BCUT2D eigenvalue weighted by Gasteiger charge is -2.15. The number of carboxylic acid groups (broad SMARTS) is 1. The zero-order valence-electron chi connectivity index (χ0n) is 11.5. The average molecular weight is 293 g/mol. The van der Waals surface area contributed by atoms with Gasteiger partial charge in [0.2, 0.25) is 11.8 Å². The number of rotatable bonds is 8. The molecule has 114 valence electrons. The predicted octanol–water partition coefficient (Wildman–Crippen LogP) is -0.0886. The van der Waals surface area contributed by atoms with Gasteiger partial charge in [-0.1, -0.05) is 30.3 Å². The molecule has 1 unspecified atom stereocenters. The third-order valence-corrected chi connectivity index (χ3v) is 2.95. The average Bonchev–Trinajstić information content (AvgIpc) is 2.44. The van der Waals surface area contributed by atoms with Crippen molar-refractivity contribution in [1.29, 1.82) is 0 Å². The first-order valence-corrected chi connectivity index (χ1v) is 6.51. The topological polar surface area (TPSA) is 136 Å². The molecule has 0 aromatic heterocycles. The summed E-state index contributed by atoms with van der Waals surface area (Å²) in [7, 11) is 0. The number of nitrogens with two attached hydrogens (primary N) is 2. The molecule has 0 heterocycles. The second kappa shape index (κ2) is 8.01. The molecule has 1 aromatic rings. The Bertz CT molecular complexity index is 504. The van der Waals surface area contributed by atoms with Crippen LogP contribution in [-0.2, 0) is 14.4 Å². The van der Waals surface area contributed by atoms with Crippen LogP contribution >= 0.6 is 0 Å². The van der Waals surface area contributed by atoms with Crippen molar-refractivity contribution in [3.05, 3.63) is 35.9 Å². The molecule has 0 bridgehead atoms. The minimum absolute atomic E-state index is 0.0681. The minimum Gasteiger partial charge on any atom is -0.480 e. The summed E-state index contributed by atoms with van der Waals surface area (Å²) >= 11 is 0. The Kier molecular flexibility index (Phi) is 6.35. The highest BCUT2D eigenvalue weighted by Gasteiger charge is 2.22. The lowest BCUT2D eigenvalue weighted by atomic mass is 10.0. The fraction of sp³-hybridized carbons (Fsp3) is 0.357. The summed E-state index contributed by atoms with van der Waals surface area (Å²) in [5.74, 6) is -2.56. The van der Waals surface area contributed by atoms with Crippen molar-refractivity contribution in [1.82, 2.24) is 5.32 Å². The summed E-state index contributed by atoms with van der Waals surface area (Å²) in [5, 5.41) is 11.1. The third kappa shape index (κ3) is 6.05. The van der Waals surface area contributed by atoms with Gasteiger partial charge in [0.15, 0.2) is 0 Å². The summed E-state index contributed by atoms with van der Waals surface area (Å²) in [5.41, 5.74) is 11.8. The maximum absolute atomic E-state index is 11.7. The summed E-state index contributed by atoms with van der Waals surface area (Å²) in [6, 6.07) is 7.67. The Morgan fingerprint density at radius 3 is 2.33 bits per heavy atom. The Labute approximate surface area is 122 Å². The van der Waals surface area contributed by atoms with Gasteiger partial charge in [-0.15, -0.1) is 0 Å². The van der Waals surface area contributed by atoms with Crippen molar-refractivity contribution in [3.63, 3.8) is 0 Å². The van der Waals surface area contributed by atoms with Crippen LogP contribution in [0.2, 0.25) is 0 Å². The number of nitrogens with one attached hydrogen (secondary N) is 1. The number of hydrogen-bond acceptors (Lipinski definition) is 4. The molecule has 0 saturated heterocycles. The zero-order valence-corrected chi connectivity index (χ0v) is 11.5. The Hall–Kier alpha value is -2.41. The predicted molar refractivity (Wildman–Crippen MR) is 76.0 cm³/mol. The standard InChI is InChI=1S/C14H19N3O4/c15-10(9-4-2-1-3-5-9)6-7-13(19)17-11(14(20)21)8-12(16)18/h1-5,10-11H,6-8,15H2,(H2,16,18)(H,17,19)(H,20,21)/t10?,11-/m1/s1. The second-order valence-electron chi connectivity index (χ2n) is 4.68. The van der Waals surface area contributed by atoms with Crippen LogP contribution in [0.1, 0.15) is 30.9 Å². The van der Waals surface area contributed by atoms with E-state index in [2.05, 4.69) is 5.32 Å². The largest absolute Gasteiger partial charge is 0.480 e. The zero-order chi connectivity index (χ0) is 15.8. The highest BCUT2D eigenvalue weighted by atomic mass is 16.4. The van der Waals surface area contributed by atoms with E-state index >= 15 is 0 Å². The van der Waals surface area contributed by atoms with Crippen LogP contribution < -0.4 is 16.8 Å². The third-order valence-electron chi connectivity index (χ3n) is 2.95. The van der Waals surface area contributed by atoms with Crippen LogP contribution in [0.3, 0.4) is 0 Å². The van der Waals surface area contributed by atoms with E-state index in [1.165, 1.54) is 0 Å². The van der Waals surface area contributed by atoms with E-state index in [0.717, 1.165) is 5.56 Å². The summed E-state index contributed by atoms with van der Waals surface area (Å²) < 4.78 is 0. The fourth-order valence-electron chi connectivity index (χ4n) is 1.82. The van der Waals surface area contributed by atoms with Crippen LogP contribution in [0, 0.1) is 0 Å². The molecular weight excluding hydrogens is 274 g/mol. The van der Waals surface area contributed by atoms with Crippen LogP contribution in [0.5, 0.6) is 0 Å². The minimum atomic E-state index is -1.30. The SMILES string of the molecule is NC(=O)C[C@@H](NC(=O)CCC(N)c1ccccc1)C(=O)O. The highest BCUT2D eigenvalue weighted by molar-refractivity contribution is 5.88. The van der Waals surface area contributed by atoms with Gasteiger partial charge in [-0.25, -0.2) is 4.79 Å². The van der Waals surface area contributed by atoms with E-state index in [1.807, 2.05) is 30.3 Å². The van der Waals surface area contributed by atoms with E-state index in [0.29, 0.717) is 6.42 Å². The summed E-state index contributed by atoms with van der Waals surface area (Å²) in [6.07, 6.45) is 0.00315. The van der Waals surface area contributed by atoms with Crippen LogP contribution in [0.15, 0.2) is 30.3 Å². The smallest absolute Gasteiger partial charge is 0.326 e. The molecule has 2 amide bonds. The second-order valence-corrected chi connectivity index (χ2v) is 4.68. The van der Waals surface area contributed by atoms with Crippen LogP contribution in [-0.4, -0.2) is 28.9 Å². The van der Waals surface area contributed by atoms with Gasteiger partial charge in [0.1, 0.15) is 6.04 Å². The van der Waals surface area contributed by atoms with Gasteiger partial charge in [-0.05, 0) is 12.0 Å². The molecule has 0 aliphatic heterocycles. The lowest BCUT2D eigenvalue weighted by Crippen LogP contribution is -2.43. The van der Waals surface area contributed by atoms with E-state index in [4.69, 9.17) is 16.6 Å². The van der Waals surface area contributed by atoms with Crippen LogP contribution in [0.4, 0.5) is 0 Å². The van der Waals surface area contributed by atoms with Crippen molar-refractivity contribution < 1.29 is 19.5 Å².